The van der Waals surface area contributed by atoms with Crippen molar-refractivity contribution >= 4 is 17.5 Å². The van der Waals surface area contributed by atoms with Crippen molar-refractivity contribution in [3.8, 4) is 17.2 Å². The van der Waals surface area contributed by atoms with Gasteiger partial charge in [-0.1, -0.05) is 23.7 Å². The Labute approximate surface area is 146 Å². The van der Waals surface area contributed by atoms with E-state index in [2.05, 4.69) is 0 Å². The highest BCUT2D eigenvalue weighted by Gasteiger charge is 2.15. The van der Waals surface area contributed by atoms with E-state index in [0.29, 0.717) is 41.0 Å². The number of halogens is 1. The van der Waals surface area contributed by atoms with Gasteiger partial charge in [-0.3, -0.25) is 4.79 Å². The maximum Gasteiger partial charge on any atom is 0.253 e. The van der Waals surface area contributed by atoms with E-state index in [-0.39, 0.29) is 5.91 Å². The molecule has 0 bridgehead atoms. The number of ether oxygens (including phenoxy) is 3. The zero-order chi connectivity index (χ0) is 17.5. The molecule has 0 saturated heterocycles. The predicted molar refractivity (Wildman–Crippen MR) is 93.5 cm³/mol. The standard InChI is InChI=1S/C18H20ClNO4/c1-20(10-11-24-15-7-5-4-6-14(15)19)18(21)13-8-9-16(22-2)17(12-13)23-3/h4-9,12H,10-11H2,1-3H3. The van der Waals surface area contributed by atoms with Gasteiger partial charge in [0.25, 0.3) is 5.91 Å². The van der Waals surface area contributed by atoms with Crippen LogP contribution in [-0.4, -0.2) is 45.2 Å². The molecule has 0 aromatic heterocycles. The molecule has 0 heterocycles. The van der Waals surface area contributed by atoms with Crippen molar-refractivity contribution in [1.29, 1.82) is 0 Å². The minimum Gasteiger partial charge on any atom is -0.493 e. The highest BCUT2D eigenvalue weighted by atomic mass is 35.5. The molecule has 0 aliphatic heterocycles. The lowest BCUT2D eigenvalue weighted by Gasteiger charge is -2.18. The van der Waals surface area contributed by atoms with Gasteiger partial charge in [0.1, 0.15) is 12.4 Å². The van der Waals surface area contributed by atoms with E-state index in [1.54, 1.807) is 49.4 Å². The van der Waals surface area contributed by atoms with Gasteiger partial charge in [0.05, 0.1) is 25.8 Å². The molecule has 0 fully saturated rings. The molecular weight excluding hydrogens is 330 g/mol. The zero-order valence-electron chi connectivity index (χ0n) is 13.9. The van der Waals surface area contributed by atoms with Gasteiger partial charge in [0.15, 0.2) is 11.5 Å². The first-order valence-corrected chi connectivity index (χ1v) is 7.79. The summed E-state index contributed by atoms with van der Waals surface area (Å²) in [6, 6.07) is 12.3. The van der Waals surface area contributed by atoms with E-state index in [0.717, 1.165) is 0 Å². The molecule has 2 rings (SSSR count). The lowest BCUT2D eigenvalue weighted by molar-refractivity contribution is 0.0773. The summed E-state index contributed by atoms with van der Waals surface area (Å²) in [6.07, 6.45) is 0. The van der Waals surface area contributed by atoms with E-state index < -0.39 is 0 Å². The first-order valence-electron chi connectivity index (χ1n) is 7.41. The third-order valence-corrected chi connectivity index (χ3v) is 3.81. The number of hydrogen-bond donors (Lipinski definition) is 0. The second-order valence-corrected chi connectivity index (χ2v) is 5.48. The Morgan fingerprint density at radius 2 is 1.75 bits per heavy atom. The molecule has 24 heavy (non-hydrogen) atoms. The Morgan fingerprint density at radius 3 is 2.42 bits per heavy atom. The minimum atomic E-state index is -0.126. The number of amides is 1. The van der Waals surface area contributed by atoms with Crippen molar-refractivity contribution in [2.24, 2.45) is 0 Å². The van der Waals surface area contributed by atoms with E-state index in [1.165, 1.54) is 7.11 Å². The number of carbonyl (C=O) groups is 1. The van der Waals surface area contributed by atoms with Crippen molar-refractivity contribution in [2.75, 3.05) is 34.4 Å². The summed E-state index contributed by atoms with van der Waals surface area (Å²) in [6.45, 7) is 0.775. The summed E-state index contributed by atoms with van der Waals surface area (Å²) in [5.41, 5.74) is 0.521. The van der Waals surface area contributed by atoms with Crippen LogP contribution in [-0.2, 0) is 0 Å². The maximum atomic E-state index is 12.5. The van der Waals surface area contributed by atoms with Crippen molar-refractivity contribution in [3.05, 3.63) is 53.1 Å². The fourth-order valence-corrected chi connectivity index (χ4v) is 2.34. The Hall–Kier alpha value is -2.40. The van der Waals surface area contributed by atoms with Crippen LogP contribution in [0.15, 0.2) is 42.5 Å². The number of benzene rings is 2. The topological polar surface area (TPSA) is 48.0 Å². The van der Waals surface area contributed by atoms with Crippen LogP contribution in [0, 0.1) is 0 Å². The fourth-order valence-electron chi connectivity index (χ4n) is 2.15. The molecule has 0 N–H and O–H groups in total. The maximum absolute atomic E-state index is 12.5. The lowest BCUT2D eigenvalue weighted by atomic mass is 10.2. The minimum absolute atomic E-state index is 0.126. The molecule has 0 spiro atoms. The summed E-state index contributed by atoms with van der Waals surface area (Å²) in [7, 11) is 4.81. The number of rotatable bonds is 7. The van der Waals surface area contributed by atoms with E-state index in [9.17, 15) is 4.79 Å². The van der Waals surface area contributed by atoms with Gasteiger partial charge in [0.2, 0.25) is 0 Å². The van der Waals surface area contributed by atoms with E-state index in [1.807, 2.05) is 12.1 Å². The third-order valence-electron chi connectivity index (χ3n) is 3.50. The zero-order valence-corrected chi connectivity index (χ0v) is 14.7. The number of methoxy groups -OCH3 is 2. The van der Waals surface area contributed by atoms with Gasteiger partial charge >= 0.3 is 0 Å². The second-order valence-electron chi connectivity index (χ2n) is 5.08. The molecule has 0 atom stereocenters. The van der Waals surface area contributed by atoms with Crippen molar-refractivity contribution < 1.29 is 19.0 Å². The van der Waals surface area contributed by atoms with Crippen LogP contribution in [0.4, 0.5) is 0 Å². The number of carbonyl (C=O) groups excluding carboxylic acids is 1. The van der Waals surface area contributed by atoms with Gasteiger partial charge in [-0.05, 0) is 30.3 Å². The molecule has 0 aliphatic rings. The molecule has 1 amide bonds. The van der Waals surface area contributed by atoms with Crippen molar-refractivity contribution in [3.63, 3.8) is 0 Å². The Kier molecular flexibility index (Phi) is 6.32. The van der Waals surface area contributed by atoms with Crippen LogP contribution in [0.5, 0.6) is 17.2 Å². The van der Waals surface area contributed by atoms with Crippen LogP contribution >= 0.6 is 11.6 Å². The molecule has 6 heteroatoms. The Balaban J connectivity index is 1.96. The molecule has 128 valence electrons. The third kappa shape index (κ3) is 4.32. The Morgan fingerprint density at radius 1 is 1.04 bits per heavy atom. The fraction of sp³-hybridized carbons (Fsp3) is 0.278. The summed E-state index contributed by atoms with van der Waals surface area (Å²) >= 11 is 6.03. The van der Waals surface area contributed by atoms with Crippen LogP contribution < -0.4 is 14.2 Å². The smallest absolute Gasteiger partial charge is 0.253 e. The summed E-state index contributed by atoms with van der Waals surface area (Å²) in [5, 5.41) is 0.548. The van der Waals surface area contributed by atoms with Crippen LogP contribution in [0.2, 0.25) is 5.02 Å². The quantitative estimate of drug-likeness (QED) is 0.767. The van der Waals surface area contributed by atoms with Crippen LogP contribution in [0.1, 0.15) is 10.4 Å². The molecule has 0 unspecified atom stereocenters. The molecule has 0 saturated carbocycles. The number of nitrogens with zero attached hydrogens (tertiary/aromatic N) is 1. The number of likely N-dealkylation sites (N-methyl/N-ethyl adjacent to an activating group) is 1. The summed E-state index contributed by atoms with van der Waals surface area (Å²) in [4.78, 5) is 14.1. The van der Waals surface area contributed by atoms with Gasteiger partial charge in [0, 0.05) is 12.6 Å². The van der Waals surface area contributed by atoms with Gasteiger partial charge < -0.3 is 19.1 Å². The van der Waals surface area contributed by atoms with Crippen molar-refractivity contribution in [2.45, 2.75) is 0 Å². The molecular formula is C18H20ClNO4. The van der Waals surface area contributed by atoms with Crippen molar-refractivity contribution in [1.82, 2.24) is 4.90 Å². The van der Waals surface area contributed by atoms with Gasteiger partial charge in [-0.25, -0.2) is 0 Å². The molecule has 0 aliphatic carbocycles. The highest BCUT2D eigenvalue weighted by molar-refractivity contribution is 6.32. The summed E-state index contributed by atoms with van der Waals surface area (Å²) < 4.78 is 16.0. The van der Waals surface area contributed by atoms with E-state index >= 15 is 0 Å². The first kappa shape index (κ1) is 17.9. The monoisotopic (exact) mass is 349 g/mol. The van der Waals surface area contributed by atoms with Crippen LogP contribution in [0.3, 0.4) is 0 Å². The average Bonchev–Trinajstić information content (AvgIpc) is 2.61. The molecule has 0 radical (unpaired) electrons. The second kappa shape index (κ2) is 8.45. The highest BCUT2D eigenvalue weighted by Crippen LogP contribution is 2.28. The molecule has 2 aromatic rings. The van der Waals surface area contributed by atoms with Crippen LogP contribution in [0.25, 0.3) is 0 Å². The number of para-hydroxylation sites is 1. The molecule has 2 aromatic carbocycles. The predicted octanol–water partition coefficient (Wildman–Crippen LogP) is 3.51. The summed E-state index contributed by atoms with van der Waals surface area (Å²) in [5.74, 6) is 1.58. The van der Waals surface area contributed by atoms with Gasteiger partial charge in [-0.2, -0.15) is 0 Å². The number of hydrogen-bond acceptors (Lipinski definition) is 4. The largest absolute Gasteiger partial charge is 0.493 e. The average molecular weight is 350 g/mol. The normalized spacial score (nSPS) is 10.2. The lowest BCUT2D eigenvalue weighted by Crippen LogP contribution is -2.30. The van der Waals surface area contributed by atoms with Gasteiger partial charge in [-0.15, -0.1) is 0 Å². The van der Waals surface area contributed by atoms with E-state index in [4.69, 9.17) is 25.8 Å². The molecule has 5 nitrogen and oxygen atoms in total. The SMILES string of the molecule is COc1ccc(C(=O)N(C)CCOc2ccccc2Cl)cc1OC. The Bertz CT molecular complexity index is 705. The first-order chi connectivity index (χ1) is 11.6.